The molecule has 0 atom stereocenters. The van der Waals surface area contributed by atoms with E-state index in [0.29, 0.717) is 11.1 Å². The predicted octanol–water partition coefficient (Wildman–Crippen LogP) is 4.61. The molecule has 25 heavy (non-hydrogen) atoms. The van der Waals surface area contributed by atoms with E-state index in [1.807, 2.05) is 12.1 Å². The molecule has 1 aromatic carbocycles. The minimum absolute atomic E-state index is 0.414. The lowest BCUT2D eigenvalue weighted by molar-refractivity contribution is 0.261. The van der Waals surface area contributed by atoms with Gasteiger partial charge in [-0.15, -0.1) is 0 Å². The van der Waals surface area contributed by atoms with Crippen LogP contribution in [0, 0.1) is 5.41 Å². The summed E-state index contributed by atoms with van der Waals surface area (Å²) in [6.07, 6.45) is 8.95. The molecule has 5 heteroatoms. The highest BCUT2D eigenvalue weighted by Crippen LogP contribution is 2.20. The first-order valence-corrected chi connectivity index (χ1v) is 10.9. The van der Waals surface area contributed by atoms with Crippen molar-refractivity contribution in [2.75, 3.05) is 30.6 Å². The molecule has 1 rings (SSSR count). The molecular formula is C20H34N2O2S. The van der Waals surface area contributed by atoms with Crippen molar-refractivity contribution in [1.29, 1.82) is 0 Å². The summed E-state index contributed by atoms with van der Waals surface area (Å²) >= 11 is 0. The fraction of sp³-hybridized carbons (Fsp3) is 0.600. The maximum Gasteiger partial charge on any atom is 0.229 e. The summed E-state index contributed by atoms with van der Waals surface area (Å²) < 4.78 is 24.8. The monoisotopic (exact) mass is 366 g/mol. The van der Waals surface area contributed by atoms with E-state index in [0.717, 1.165) is 37.9 Å². The normalized spacial score (nSPS) is 12.9. The number of nitrogens with one attached hydrogen (secondary N) is 1. The Balaban J connectivity index is 2.38. The molecule has 0 radical (unpaired) electrons. The third-order valence-electron chi connectivity index (χ3n) is 3.98. The van der Waals surface area contributed by atoms with E-state index < -0.39 is 10.0 Å². The van der Waals surface area contributed by atoms with Gasteiger partial charge in [0.2, 0.25) is 10.0 Å². The lowest BCUT2D eigenvalue weighted by Crippen LogP contribution is -2.26. The van der Waals surface area contributed by atoms with E-state index in [4.69, 9.17) is 0 Å². The first kappa shape index (κ1) is 21.7. The van der Waals surface area contributed by atoms with Crippen molar-refractivity contribution in [2.45, 2.75) is 47.0 Å². The number of anilines is 1. The third-order valence-corrected chi connectivity index (χ3v) is 4.59. The van der Waals surface area contributed by atoms with Crippen LogP contribution in [0.1, 0.15) is 52.5 Å². The standard InChI is InChI=1S/C20H34N2O2S/c1-6-22(17-9-15-20(2,3)4)16-8-7-10-18-11-13-19(14-12-18)21-25(5,23)24/h7,10-14,21H,6,8-9,15-17H2,1-5H3. The molecule has 0 aromatic heterocycles. The molecule has 0 unspecified atom stereocenters. The zero-order valence-corrected chi connectivity index (χ0v) is 17.2. The summed E-state index contributed by atoms with van der Waals surface area (Å²) in [5.41, 5.74) is 2.09. The van der Waals surface area contributed by atoms with Crippen LogP contribution in [-0.2, 0) is 10.0 Å². The molecule has 1 N–H and O–H groups in total. The Labute approximate surface area is 154 Å². The topological polar surface area (TPSA) is 49.4 Å². The van der Waals surface area contributed by atoms with Crippen LogP contribution < -0.4 is 4.72 Å². The molecular weight excluding hydrogens is 332 g/mol. The van der Waals surface area contributed by atoms with Gasteiger partial charge in [-0.2, -0.15) is 0 Å². The maximum absolute atomic E-state index is 11.2. The molecule has 0 fully saturated rings. The first-order valence-electron chi connectivity index (χ1n) is 9.06. The highest BCUT2D eigenvalue weighted by molar-refractivity contribution is 7.92. The van der Waals surface area contributed by atoms with Crippen LogP contribution >= 0.6 is 0 Å². The van der Waals surface area contributed by atoms with Crippen LogP contribution in [0.4, 0.5) is 5.69 Å². The first-order chi connectivity index (χ1) is 11.6. The summed E-state index contributed by atoms with van der Waals surface area (Å²) in [6.45, 7) is 12.4. The van der Waals surface area contributed by atoms with Gasteiger partial charge in [0, 0.05) is 12.2 Å². The average molecular weight is 367 g/mol. The van der Waals surface area contributed by atoms with Crippen LogP contribution in [-0.4, -0.2) is 39.2 Å². The number of nitrogens with zero attached hydrogens (tertiary/aromatic N) is 1. The Hall–Kier alpha value is -1.33. The average Bonchev–Trinajstić information content (AvgIpc) is 2.48. The summed E-state index contributed by atoms with van der Waals surface area (Å²) in [4.78, 5) is 2.50. The molecule has 0 bridgehead atoms. The van der Waals surface area contributed by atoms with Gasteiger partial charge in [0.25, 0.3) is 0 Å². The molecule has 0 aliphatic rings. The third kappa shape index (κ3) is 11.0. The summed E-state index contributed by atoms with van der Waals surface area (Å²) in [5, 5.41) is 0. The van der Waals surface area contributed by atoms with Gasteiger partial charge in [-0.1, -0.05) is 52.0 Å². The molecule has 0 spiro atoms. The van der Waals surface area contributed by atoms with Crippen LogP contribution in [0.5, 0.6) is 0 Å². The van der Waals surface area contributed by atoms with Gasteiger partial charge < -0.3 is 4.90 Å². The van der Waals surface area contributed by atoms with Crippen LogP contribution in [0.15, 0.2) is 30.3 Å². The molecule has 0 aliphatic carbocycles. The minimum atomic E-state index is -3.21. The van der Waals surface area contributed by atoms with E-state index in [1.54, 1.807) is 12.1 Å². The van der Waals surface area contributed by atoms with Crippen molar-refractivity contribution in [1.82, 2.24) is 4.90 Å². The Morgan fingerprint density at radius 3 is 2.28 bits per heavy atom. The van der Waals surface area contributed by atoms with Gasteiger partial charge in [0.1, 0.15) is 0 Å². The van der Waals surface area contributed by atoms with Gasteiger partial charge in [0.05, 0.1) is 6.26 Å². The van der Waals surface area contributed by atoms with Crippen molar-refractivity contribution >= 4 is 21.8 Å². The maximum atomic E-state index is 11.2. The molecule has 4 nitrogen and oxygen atoms in total. The van der Waals surface area contributed by atoms with E-state index in [9.17, 15) is 8.42 Å². The lowest BCUT2D eigenvalue weighted by atomic mass is 9.90. The quantitative estimate of drug-likeness (QED) is 0.658. The molecule has 1 aromatic rings. The van der Waals surface area contributed by atoms with Crippen molar-refractivity contribution in [3.63, 3.8) is 0 Å². The molecule has 0 saturated heterocycles. The van der Waals surface area contributed by atoms with Crippen molar-refractivity contribution in [2.24, 2.45) is 5.41 Å². The Morgan fingerprint density at radius 2 is 1.76 bits per heavy atom. The number of rotatable bonds is 10. The van der Waals surface area contributed by atoms with Gasteiger partial charge in [-0.3, -0.25) is 4.72 Å². The summed E-state index contributed by atoms with van der Waals surface area (Å²) in [6, 6.07) is 7.41. The number of sulfonamides is 1. The van der Waals surface area contributed by atoms with E-state index in [-0.39, 0.29) is 0 Å². The van der Waals surface area contributed by atoms with Gasteiger partial charge in [0.15, 0.2) is 0 Å². The van der Waals surface area contributed by atoms with Crippen LogP contribution in [0.2, 0.25) is 0 Å². The van der Waals surface area contributed by atoms with Crippen molar-refractivity contribution in [3.8, 4) is 0 Å². The van der Waals surface area contributed by atoms with Crippen molar-refractivity contribution in [3.05, 3.63) is 35.9 Å². The number of hydrogen-bond donors (Lipinski definition) is 1. The fourth-order valence-corrected chi connectivity index (χ4v) is 3.18. The molecule has 142 valence electrons. The highest BCUT2D eigenvalue weighted by atomic mass is 32.2. The van der Waals surface area contributed by atoms with Crippen LogP contribution in [0.3, 0.4) is 0 Å². The van der Waals surface area contributed by atoms with Crippen LogP contribution in [0.25, 0.3) is 6.08 Å². The largest absolute Gasteiger partial charge is 0.303 e. The SMILES string of the molecule is CCN(CCC=Cc1ccc(NS(C)(=O)=O)cc1)CCCC(C)(C)C. The second-order valence-corrected chi connectivity index (χ2v) is 9.53. The second-order valence-electron chi connectivity index (χ2n) is 7.79. The highest BCUT2D eigenvalue weighted by Gasteiger charge is 2.10. The smallest absolute Gasteiger partial charge is 0.229 e. The van der Waals surface area contributed by atoms with Gasteiger partial charge in [-0.05, 0) is 55.5 Å². The zero-order chi connectivity index (χ0) is 18.9. The van der Waals surface area contributed by atoms with E-state index in [2.05, 4.69) is 49.5 Å². The molecule has 0 aliphatic heterocycles. The predicted molar refractivity (Wildman–Crippen MR) is 109 cm³/mol. The van der Waals surface area contributed by atoms with E-state index >= 15 is 0 Å². The lowest BCUT2D eigenvalue weighted by Gasteiger charge is -2.23. The molecule has 0 saturated carbocycles. The number of hydrogen-bond acceptors (Lipinski definition) is 3. The Kier molecular flexibility index (Phi) is 8.66. The Bertz CT molecular complexity index is 629. The fourth-order valence-electron chi connectivity index (χ4n) is 2.61. The van der Waals surface area contributed by atoms with Gasteiger partial charge in [-0.25, -0.2) is 8.42 Å². The second kappa shape index (κ2) is 9.97. The number of benzene rings is 1. The summed E-state index contributed by atoms with van der Waals surface area (Å²) in [5.74, 6) is 0. The minimum Gasteiger partial charge on any atom is -0.303 e. The van der Waals surface area contributed by atoms with Gasteiger partial charge >= 0.3 is 0 Å². The van der Waals surface area contributed by atoms with E-state index in [1.165, 1.54) is 12.8 Å². The van der Waals surface area contributed by atoms with Crippen molar-refractivity contribution < 1.29 is 8.42 Å². The molecule has 0 heterocycles. The Morgan fingerprint density at radius 1 is 1.12 bits per heavy atom. The summed E-state index contributed by atoms with van der Waals surface area (Å²) in [7, 11) is -3.21. The zero-order valence-electron chi connectivity index (χ0n) is 16.4. The molecule has 0 amide bonds.